The zero-order chi connectivity index (χ0) is 23.7. The monoisotopic (exact) mass is 465 g/mol. The molecule has 0 aliphatic carbocycles. The molecule has 2 aliphatic heterocycles. The van der Waals surface area contributed by atoms with E-state index in [1.54, 1.807) is 0 Å². The Labute approximate surface area is 195 Å². The van der Waals surface area contributed by atoms with Gasteiger partial charge in [-0.05, 0) is 36.5 Å². The molecule has 0 amide bonds. The summed E-state index contributed by atoms with van der Waals surface area (Å²) < 4.78 is 19.9. The number of hydrogen-bond donors (Lipinski definition) is 2. The Balaban J connectivity index is 1.97. The number of ether oxygens (including phenoxy) is 2. The van der Waals surface area contributed by atoms with Gasteiger partial charge in [-0.25, -0.2) is 0 Å². The van der Waals surface area contributed by atoms with E-state index in [1.807, 2.05) is 18.2 Å². The van der Waals surface area contributed by atoms with E-state index in [1.165, 1.54) is 5.56 Å². The molecule has 3 rings (SSSR count). The fraction of sp³-hybridized carbons (Fsp3) is 0.760. The number of benzene rings is 1. The lowest BCUT2D eigenvalue weighted by atomic mass is 9.99. The Morgan fingerprint density at radius 1 is 1.16 bits per heavy atom. The van der Waals surface area contributed by atoms with Crippen LogP contribution in [0.15, 0.2) is 30.3 Å². The molecule has 2 heterocycles. The summed E-state index contributed by atoms with van der Waals surface area (Å²) in [5, 5.41) is 20.9. The number of hydrogen-bond acceptors (Lipinski definition) is 6. The number of aliphatic hydroxyl groups excluding tert-OH is 2. The second-order valence-electron chi connectivity index (χ2n) is 10.9. The second-order valence-corrected chi connectivity index (χ2v) is 15.6. The first-order valence-electron chi connectivity index (χ1n) is 12.1. The number of aliphatic hydroxyl groups is 2. The zero-order valence-electron chi connectivity index (χ0n) is 20.9. The summed E-state index contributed by atoms with van der Waals surface area (Å²) in [4.78, 5) is 2.32. The Kier molecular flexibility index (Phi) is 7.92. The summed E-state index contributed by atoms with van der Waals surface area (Å²) in [7, 11) is -2.23. The van der Waals surface area contributed by atoms with Gasteiger partial charge in [-0.1, -0.05) is 65.0 Å². The fourth-order valence-electron chi connectivity index (χ4n) is 4.65. The number of fused-ring (bicyclic) bond motifs is 1. The van der Waals surface area contributed by atoms with Gasteiger partial charge in [0.25, 0.3) is 0 Å². The van der Waals surface area contributed by atoms with E-state index in [0.29, 0.717) is 13.1 Å². The van der Waals surface area contributed by atoms with Crippen molar-refractivity contribution in [3.8, 4) is 0 Å². The van der Waals surface area contributed by atoms with Gasteiger partial charge in [0.15, 0.2) is 14.1 Å². The molecule has 7 heteroatoms. The van der Waals surface area contributed by atoms with Gasteiger partial charge in [0.2, 0.25) is 0 Å². The molecule has 0 radical (unpaired) electrons. The minimum atomic E-state index is -2.23. The topological polar surface area (TPSA) is 71.4 Å². The molecule has 32 heavy (non-hydrogen) atoms. The van der Waals surface area contributed by atoms with E-state index in [-0.39, 0.29) is 29.9 Å². The molecule has 2 aliphatic rings. The average molecular weight is 466 g/mol. The summed E-state index contributed by atoms with van der Waals surface area (Å²) in [6.07, 6.45) is -0.300. The van der Waals surface area contributed by atoms with E-state index in [4.69, 9.17) is 13.9 Å². The molecular weight excluding hydrogens is 422 g/mol. The van der Waals surface area contributed by atoms with Crippen molar-refractivity contribution in [2.45, 2.75) is 108 Å². The smallest absolute Gasteiger partial charge is 0.192 e. The molecule has 1 aromatic carbocycles. The van der Waals surface area contributed by atoms with Crippen LogP contribution in [0.1, 0.15) is 53.0 Å². The third-order valence-electron chi connectivity index (χ3n) is 7.70. The predicted octanol–water partition coefficient (Wildman–Crippen LogP) is 3.91. The first-order chi connectivity index (χ1) is 15.0. The summed E-state index contributed by atoms with van der Waals surface area (Å²) in [6.45, 7) is 16.2. The van der Waals surface area contributed by atoms with Crippen molar-refractivity contribution in [1.29, 1.82) is 0 Å². The normalized spacial score (nSPS) is 28.0. The van der Waals surface area contributed by atoms with E-state index in [2.05, 4.69) is 64.7 Å². The van der Waals surface area contributed by atoms with Gasteiger partial charge in [-0.3, -0.25) is 4.90 Å². The average Bonchev–Trinajstić information content (AvgIpc) is 3.26. The lowest BCUT2D eigenvalue weighted by molar-refractivity contribution is -0.199. The van der Waals surface area contributed by atoms with Crippen molar-refractivity contribution >= 4 is 8.32 Å². The van der Waals surface area contributed by atoms with Gasteiger partial charge in [0.05, 0.1) is 18.8 Å². The molecular formula is C25H43NO5Si. The Morgan fingerprint density at radius 2 is 1.78 bits per heavy atom. The molecule has 0 bridgehead atoms. The summed E-state index contributed by atoms with van der Waals surface area (Å²) in [5.74, 6) is -0.585. The molecule has 5 atom stereocenters. The van der Waals surface area contributed by atoms with E-state index in [9.17, 15) is 10.2 Å². The molecule has 0 spiro atoms. The number of rotatable bonds is 9. The lowest BCUT2D eigenvalue weighted by Gasteiger charge is -2.45. The SMILES string of the molecule is CCC1(CC)OC2CN(Cc3ccccc3)C(C(O[Si](C)(C)C(C)(C)C)C(O)CO)C2O1. The maximum atomic E-state index is 11.0. The fourth-order valence-corrected chi connectivity index (χ4v) is 5.98. The molecule has 5 unspecified atom stereocenters. The van der Waals surface area contributed by atoms with Gasteiger partial charge in [0, 0.05) is 13.1 Å². The van der Waals surface area contributed by atoms with Crippen LogP contribution in [0.5, 0.6) is 0 Å². The molecule has 1 aromatic rings. The van der Waals surface area contributed by atoms with Crippen molar-refractivity contribution in [2.75, 3.05) is 13.2 Å². The lowest BCUT2D eigenvalue weighted by Crippen LogP contribution is -2.58. The molecule has 6 nitrogen and oxygen atoms in total. The van der Waals surface area contributed by atoms with Gasteiger partial charge >= 0.3 is 0 Å². The molecule has 2 fully saturated rings. The van der Waals surface area contributed by atoms with Crippen LogP contribution in [0.25, 0.3) is 0 Å². The Morgan fingerprint density at radius 3 is 2.31 bits per heavy atom. The summed E-state index contributed by atoms with van der Waals surface area (Å²) in [5.41, 5.74) is 1.19. The van der Waals surface area contributed by atoms with Crippen molar-refractivity contribution < 1.29 is 24.1 Å². The van der Waals surface area contributed by atoms with Gasteiger partial charge in [0.1, 0.15) is 18.3 Å². The van der Waals surface area contributed by atoms with Crippen molar-refractivity contribution in [3.05, 3.63) is 35.9 Å². The van der Waals surface area contributed by atoms with Crippen molar-refractivity contribution in [1.82, 2.24) is 4.90 Å². The van der Waals surface area contributed by atoms with Crippen molar-refractivity contribution in [3.63, 3.8) is 0 Å². The molecule has 2 saturated heterocycles. The third kappa shape index (κ3) is 5.14. The maximum Gasteiger partial charge on any atom is 0.192 e. The molecule has 0 aromatic heterocycles. The van der Waals surface area contributed by atoms with Crippen LogP contribution in [0, 0.1) is 0 Å². The first kappa shape index (κ1) is 25.8. The van der Waals surface area contributed by atoms with E-state index >= 15 is 0 Å². The second kappa shape index (κ2) is 9.82. The first-order valence-corrected chi connectivity index (χ1v) is 15.0. The van der Waals surface area contributed by atoms with Crippen LogP contribution in [-0.2, 0) is 20.4 Å². The highest BCUT2D eigenvalue weighted by atomic mass is 28.4. The van der Waals surface area contributed by atoms with Crippen molar-refractivity contribution in [2.24, 2.45) is 0 Å². The molecule has 2 N–H and O–H groups in total. The summed E-state index contributed by atoms with van der Waals surface area (Å²) in [6, 6.07) is 10.1. The number of nitrogens with zero attached hydrogens (tertiary/aromatic N) is 1. The van der Waals surface area contributed by atoms with Crippen LogP contribution >= 0.6 is 0 Å². The van der Waals surface area contributed by atoms with Crippen LogP contribution in [0.3, 0.4) is 0 Å². The van der Waals surface area contributed by atoms with Crippen LogP contribution < -0.4 is 0 Å². The highest BCUT2D eigenvalue weighted by molar-refractivity contribution is 6.74. The highest BCUT2D eigenvalue weighted by Gasteiger charge is 2.58. The number of likely N-dealkylation sites (tertiary alicyclic amines) is 1. The van der Waals surface area contributed by atoms with Crippen LogP contribution in [0.2, 0.25) is 18.1 Å². The predicted molar refractivity (Wildman–Crippen MR) is 129 cm³/mol. The van der Waals surface area contributed by atoms with Gasteiger partial charge in [-0.15, -0.1) is 0 Å². The molecule has 0 saturated carbocycles. The highest BCUT2D eigenvalue weighted by Crippen LogP contribution is 2.45. The Hall–Kier alpha value is -0.803. The van der Waals surface area contributed by atoms with Gasteiger partial charge < -0.3 is 24.1 Å². The quantitative estimate of drug-likeness (QED) is 0.539. The summed E-state index contributed by atoms with van der Waals surface area (Å²) >= 11 is 0. The minimum Gasteiger partial charge on any atom is -0.409 e. The minimum absolute atomic E-state index is 0.0215. The van der Waals surface area contributed by atoms with E-state index < -0.39 is 26.3 Å². The standard InChI is InChI=1S/C25H43NO5Si/c1-8-25(9-2)29-20-16-26(15-18-13-11-10-12-14-18)21(23(20)30-25)22(19(28)17-27)31-32(6,7)24(3,4)5/h10-14,19-23,27-28H,8-9,15-17H2,1-7H3. The van der Waals surface area contributed by atoms with E-state index in [0.717, 1.165) is 12.8 Å². The Bertz CT molecular complexity index is 734. The van der Waals surface area contributed by atoms with Crippen LogP contribution in [-0.4, -0.2) is 72.8 Å². The third-order valence-corrected chi connectivity index (χ3v) is 12.2. The largest absolute Gasteiger partial charge is 0.409 e. The molecule has 182 valence electrons. The van der Waals surface area contributed by atoms with Crippen LogP contribution in [0.4, 0.5) is 0 Å². The zero-order valence-corrected chi connectivity index (χ0v) is 21.9. The maximum absolute atomic E-state index is 11.0. The van der Waals surface area contributed by atoms with Gasteiger partial charge in [-0.2, -0.15) is 0 Å².